The zero-order chi connectivity index (χ0) is 16.9. The number of nitrogens with one attached hydrogen (secondary N) is 2. The van der Waals surface area contributed by atoms with Crippen LogP contribution in [0.2, 0.25) is 10.0 Å². The summed E-state index contributed by atoms with van der Waals surface area (Å²) in [6, 6.07) is 14.7. The van der Waals surface area contributed by atoms with Crippen LogP contribution in [-0.4, -0.2) is 6.03 Å². The second-order valence-electron chi connectivity index (χ2n) is 5.11. The average Bonchev–Trinajstić information content (AvgIpc) is 3.11. The number of hydrogen-bond acceptors (Lipinski definition) is 2. The van der Waals surface area contributed by atoms with Crippen molar-refractivity contribution in [3.05, 3.63) is 74.9 Å². The molecule has 2 N–H and O–H groups in total. The Hall–Kier alpha value is -2.01. The topological polar surface area (TPSA) is 41.1 Å². The molecule has 0 aliphatic heterocycles. The molecule has 0 aliphatic carbocycles. The van der Waals surface area contributed by atoms with Gasteiger partial charge in [0, 0.05) is 12.2 Å². The van der Waals surface area contributed by atoms with E-state index in [2.05, 4.69) is 28.1 Å². The van der Waals surface area contributed by atoms with E-state index < -0.39 is 0 Å². The van der Waals surface area contributed by atoms with Crippen molar-refractivity contribution in [3.8, 4) is 11.1 Å². The summed E-state index contributed by atoms with van der Waals surface area (Å²) < 4.78 is 0. The predicted molar refractivity (Wildman–Crippen MR) is 102 cm³/mol. The van der Waals surface area contributed by atoms with Gasteiger partial charge in [0.15, 0.2) is 0 Å². The number of carbonyl (C=O) groups excluding carboxylic acids is 1. The summed E-state index contributed by atoms with van der Waals surface area (Å²) in [6.45, 7) is 0.430. The van der Waals surface area contributed by atoms with E-state index in [0.717, 1.165) is 16.7 Å². The van der Waals surface area contributed by atoms with E-state index in [1.165, 1.54) is 0 Å². The van der Waals surface area contributed by atoms with E-state index in [1.807, 2.05) is 23.6 Å². The van der Waals surface area contributed by atoms with Gasteiger partial charge < -0.3 is 10.6 Å². The average molecular weight is 377 g/mol. The van der Waals surface area contributed by atoms with Crippen molar-refractivity contribution in [2.24, 2.45) is 0 Å². The molecule has 0 fully saturated rings. The van der Waals surface area contributed by atoms with Crippen molar-refractivity contribution in [2.75, 3.05) is 5.32 Å². The fraction of sp³-hybridized carbons (Fsp3) is 0.0556. The first-order chi connectivity index (χ1) is 11.6. The zero-order valence-corrected chi connectivity index (χ0v) is 14.9. The van der Waals surface area contributed by atoms with Crippen LogP contribution < -0.4 is 10.6 Å². The van der Waals surface area contributed by atoms with Gasteiger partial charge >= 0.3 is 6.03 Å². The molecule has 0 aliphatic rings. The highest BCUT2D eigenvalue weighted by molar-refractivity contribution is 7.08. The van der Waals surface area contributed by atoms with E-state index >= 15 is 0 Å². The number of carbonyl (C=O) groups is 1. The van der Waals surface area contributed by atoms with Crippen molar-refractivity contribution in [1.29, 1.82) is 0 Å². The molecular formula is C18H14Cl2N2OS. The molecule has 0 unspecified atom stereocenters. The smallest absolute Gasteiger partial charge is 0.319 e. The molecule has 3 nitrogen and oxygen atoms in total. The number of benzene rings is 2. The lowest BCUT2D eigenvalue weighted by atomic mass is 10.0. The van der Waals surface area contributed by atoms with Crippen molar-refractivity contribution in [2.45, 2.75) is 6.54 Å². The molecule has 0 spiro atoms. The quantitative estimate of drug-likeness (QED) is 0.572. The molecule has 122 valence electrons. The third kappa shape index (κ3) is 4.09. The summed E-state index contributed by atoms with van der Waals surface area (Å²) in [5, 5.41) is 10.6. The fourth-order valence-electron chi connectivity index (χ4n) is 2.30. The van der Waals surface area contributed by atoms with Crippen molar-refractivity contribution < 1.29 is 4.79 Å². The Kier molecular flexibility index (Phi) is 5.41. The highest BCUT2D eigenvalue weighted by Gasteiger charge is 2.08. The van der Waals surface area contributed by atoms with Crippen LogP contribution in [0.1, 0.15) is 5.56 Å². The van der Waals surface area contributed by atoms with Crippen LogP contribution >= 0.6 is 34.5 Å². The monoisotopic (exact) mass is 376 g/mol. The Balaban J connectivity index is 1.66. The summed E-state index contributed by atoms with van der Waals surface area (Å²) in [7, 11) is 0. The molecule has 1 heterocycles. The molecular weight excluding hydrogens is 363 g/mol. The number of hydrogen-bond donors (Lipinski definition) is 2. The number of rotatable bonds is 4. The van der Waals surface area contributed by atoms with Crippen LogP contribution in [0.15, 0.2) is 59.3 Å². The summed E-state index contributed by atoms with van der Waals surface area (Å²) in [6.07, 6.45) is 0. The van der Waals surface area contributed by atoms with Crippen LogP contribution in [0, 0.1) is 0 Å². The van der Waals surface area contributed by atoms with Gasteiger partial charge in [-0.1, -0.05) is 47.5 Å². The molecule has 0 atom stereocenters. The van der Waals surface area contributed by atoms with E-state index in [1.54, 1.807) is 29.5 Å². The molecule has 0 saturated carbocycles. The van der Waals surface area contributed by atoms with Gasteiger partial charge in [-0.15, -0.1) is 0 Å². The van der Waals surface area contributed by atoms with E-state index in [4.69, 9.17) is 23.2 Å². The first kappa shape index (κ1) is 16.8. The lowest BCUT2D eigenvalue weighted by Gasteiger charge is -2.11. The number of halogens is 2. The predicted octanol–water partition coefficient (Wildman–Crippen LogP) is 6.04. The third-order valence-corrected chi connectivity index (χ3v) is 4.89. The normalized spacial score (nSPS) is 10.4. The van der Waals surface area contributed by atoms with Gasteiger partial charge in [-0.25, -0.2) is 4.79 Å². The van der Waals surface area contributed by atoms with Gasteiger partial charge in [0.05, 0.1) is 10.0 Å². The molecule has 6 heteroatoms. The van der Waals surface area contributed by atoms with Crippen LogP contribution in [0.5, 0.6) is 0 Å². The summed E-state index contributed by atoms with van der Waals surface area (Å²) in [4.78, 5) is 12.1. The van der Waals surface area contributed by atoms with Gasteiger partial charge in [0.25, 0.3) is 0 Å². The Bertz CT molecular complexity index is 850. The highest BCUT2D eigenvalue weighted by Crippen LogP contribution is 2.26. The Morgan fingerprint density at radius 3 is 2.62 bits per heavy atom. The first-order valence-electron chi connectivity index (χ1n) is 7.24. The fourth-order valence-corrected chi connectivity index (χ4v) is 3.25. The summed E-state index contributed by atoms with van der Waals surface area (Å²) >= 11 is 13.5. The largest absolute Gasteiger partial charge is 0.334 e. The number of anilines is 1. The molecule has 3 aromatic rings. The Morgan fingerprint density at radius 1 is 1.04 bits per heavy atom. The molecule has 1 aromatic heterocycles. The first-order valence-corrected chi connectivity index (χ1v) is 8.94. The van der Waals surface area contributed by atoms with Crippen LogP contribution in [0.4, 0.5) is 10.5 Å². The van der Waals surface area contributed by atoms with E-state index in [-0.39, 0.29) is 6.03 Å². The maximum atomic E-state index is 12.1. The molecule has 0 radical (unpaired) electrons. The molecule has 0 saturated heterocycles. The summed E-state index contributed by atoms with van der Waals surface area (Å²) in [5.74, 6) is 0. The van der Waals surface area contributed by atoms with E-state index in [0.29, 0.717) is 22.3 Å². The summed E-state index contributed by atoms with van der Waals surface area (Å²) in [5.41, 5.74) is 3.92. The second kappa shape index (κ2) is 7.71. The number of amides is 2. The number of urea groups is 1. The van der Waals surface area contributed by atoms with Gasteiger partial charge in [0.1, 0.15) is 0 Å². The molecule has 24 heavy (non-hydrogen) atoms. The van der Waals surface area contributed by atoms with Crippen LogP contribution in [0.3, 0.4) is 0 Å². The van der Waals surface area contributed by atoms with Crippen molar-refractivity contribution >= 4 is 46.3 Å². The van der Waals surface area contributed by atoms with Crippen molar-refractivity contribution in [3.63, 3.8) is 0 Å². The van der Waals surface area contributed by atoms with Gasteiger partial charge in [-0.3, -0.25) is 0 Å². The molecule has 2 amide bonds. The lowest BCUT2D eigenvalue weighted by molar-refractivity contribution is 0.252. The van der Waals surface area contributed by atoms with E-state index in [9.17, 15) is 4.79 Å². The van der Waals surface area contributed by atoms with Gasteiger partial charge in [-0.05, 0) is 51.7 Å². The lowest BCUT2D eigenvalue weighted by Crippen LogP contribution is -2.28. The van der Waals surface area contributed by atoms with Gasteiger partial charge in [-0.2, -0.15) is 11.3 Å². The second-order valence-corrected chi connectivity index (χ2v) is 6.70. The molecule has 2 aromatic carbocycles. The Labute approximate surface area is 154 Å². The minimum atomic E-state index is -0.298. The molecule has 0 bridgehead atoms. The zero-order valence-electron chi connectivity index (χ0n) is 12.6. The number of thiophene rings is 1. The van der Waals surface area contributed by atoms with Crippen molar-refractivity contribution in [1.82, 2.24) is 5.32 Å². The van der Waals surface area contributed by atoms with Crippen LogP contribution in [-0.2, 0) is 6.54 Å². The molecule has 3 rings (SSSR count). The minimum absolute atomic E-state index is 0.298. The Morgan fingerprint density at radius 2 is 1.88 bits per heavy atom. The SMILES string of the molecule is O=C(NCc1ccccc1-c1ccsc1)Nc1ccc(Cl)c(Cl)c1. The standard InChI is InChI=1S/C18H14Cl2N2OS/c19-16-6-5-14(9-17(16)20)22-18(23)21-10-12-3-1-2-4-15(12)13-7-8-24-11-13/h1-9,11H,10H2,(H2,21,22,23). The maximum Gasteiger partial charge on any atom is 0.319 e. The third-order valence-electron chi connectivity index (χ3n) is 3.47. The van der Waals surface area contributed by atoms with Crippen LogP contribution in [0.25, 0.3) is 11.1 Å². The maximum absolute atomic E-state index is 12.1. The highest BCUT2D eigenvalue weighted by atomic mass is 35.5. The minimum Gasteiger partial charge on any atom is -0.334 e. The van der Waals surface area contributed by atoms with Gasteiger partial charge in [0.2, 0.25) is 0 Å².